The van der Waals surface area contributed by atoms with Gasteiger partial charge in [-0.1, -0.05) is 12.8 Å². The molecular formula is C13H26N2O2. The second-order valence-corrected chi connectivity index (χ2v) is 5.23. The molecule has 0 saturated heterocycles. The Bertz CT molecular complexity index is 244. The maximum Gasteiger partial charge on any atom is 0.248 e. The molecule has 100 valence electrons. The van der Waals surface area contributed by atoms with E-state index in [1.165, 1.54) is 12.8 Å². The summed E-state index contributed by atoms with van der Waals surface area (Å²) >= 11 is 0. The average Bonchev–Trinajstić information content (AvgIpc) is 2.35. The van der Waals surface area contributed by atoms with E-state index >= 15 is 0 Å². The first kappa shape index (κ1) is 14.5. The van der Waals surface area contributed by atoms with Crippen molar-refractivity contribution in [2.45, 2.75) is 51.7 Å². The third-order valence-electron chi connectivity index (χ3n) is 3.73. The van der Waals surface area contributed by atoms with Gasteiger partial charge >= 0.3 is 0 Å². The molecule has 0 aliphatic heterocycles. The molecule has 1 amide bonds. The number of carbonyl (C=O) groups excluding carboxylic acids is 1. The van der Waals surface area contributed by atoms with Gasteiger partial charge in [0.15, 0.2) is 0 Å². The van der Waals surface area contributed by atoms with Crippen molar-refractivity contribution in [1.29, 1.82) is 0 Å². The summed E-state index contributed by atoms with van der Waals surface area (Å²) in [5.41, 5.74) is 5.73. The van der Waals surface area contributed by atoms with Crippen LogP contribution in [0.3, 0.4) is 0 Å². The number of nitrogens with two attached hydrogens (primary N) is 1. The second kappa shape index (κ2) is 6.97. The Morgan fingerprint density at radius 3 is 2.65 bits per heavy atom. The molecule has 1 rings (SSSR count). The standard InChI is InChI=1S/C13H26N2O2/c1-10(2)15(3)13(16)9-17-12-7-5-4-6-11(12)8-14/h10-12H,4-9,14H2,1-3H3. The van der Waals surface area contributed by atoms with Gasteiger partial charge in [-0.05, 0) is 39.2 Å². The highest BCUT2D eigenvalue weighted by Crippen LogP contribution is 2.25. The number of hydrogen-bond donors (Lipinski definition) is 1. The fourth-order valence-corrected chi connectivity index (χ4v) is 2.23. The Hall–Kier alpha value is -0.610. The molecule has 1 aliphatic rings. The molecule has 0 heterocycles. The second-order valence-electron chi connectivity index (χ2n) is 5.23. The molecule has 0 aromatic rings. The Labute approximate surface area is 104 Å². The minimum Gasteiger partial charge on any atom is -0.368 e. The molecule has 4 nitrogen and oxygen atoms in total. The van der Waals surface area contributed by atoms with Gasteiger partial charge in [0, 0.05) is 13.1 Å². The molecule has 0 aromatic carbocycles. The Morgan fingerprint density at radius 2 is 2.06 bits per heavy atom. The lowest BCUT2D eigenvalue weighted by atomic mass is 9.86. The summed E-state index contributed by atoms with van der Waals surface area (Å²) in [7, 11) is 1.82. The van der Waals surface area contributed by atoms with Crippen LogP contribution in [0, 0.1) is 5.92 Å². The van der Waals surface area contributed by atoms with Crippen LogP contribution >= 0.6 is 0 Å². The number of rotatable bonds is 5. The Kier molecular flexibility index (Phi) is 5.92. The lowest BCUT2D eigenvalue weighted by Crippen LogP contribution is -2.39. The van der Waals surface area contributed by atoms with E-state index < -0.39 is 0 Å². The first-order valence-electron chi connectivity index (χ1n) is 6.63. The molecular weight excluding hydrogens is 216 g/mol. The number of hydrogen-bond acceptors (Lipinski definition) is 3. The monoisotopic (exact) mass is 242 g/mol. The molecule has 1 aliphatic carbocycles. The van der Waals surface area contributed by atoms with Crippen LogP contribution < -0.4 is 5.73 Å². The molecule has 1 fully saturated rings. The molecule has 4 heteroatoms. The minimum absolute atomic E-state index is 0.0568. The summed E-state index contributed by atoms with van der Waals surface area (Å²) in [6.45, 7) is 4.86. The first-order chi connectivity index (χ1) is 8.06. The average molecular weight is 242 g/mol. The van der Waals surface area contributed by atoms with Crippen LogP contribution in [-0.2, 0) is 9.53 Å². The lowest BCUT2D eigenvalue weighted by Gasteiger charge is -2.31. The fraction of sp³-hybridized carbons (Fsp3) is 0.923. The summed E-state index contributed by atoms with van der Waals surface area (Å²) in [5, 5.41) is 0. The molecule has 2 unspecified atom stereocenters. The summed E-state index contributed by atoms with van der Waals surface area (Å²) in [6, 6.07) is 0.225. The van der Waals surface area contributed by atoms with Gasteiger partial charge in [0.2, 0.25) is 5.91 Å². The fourth-order valence-electron chi connectivity index (χ4n) is 2.23. The van der Waals surface area contributed by atoms with E-state index in [-0.39, 0.29) is 24.7 Å². The van der Waals surface area contributed by atoms with Crippen molar-refractivity contribution < 1.29 is 9.53 Å². The predicted molar refractivity (Wildman–Crippen MR) is 68.7 cm³/mol. The van der Waals surface area contributed by atoms with Gasteiger partial charge in [0.25, 0.3) is 0 Å². The van der Waals surface area contributed by atoms with Crippen LogP contribution in [0.25, 0.3) is 0 Å². The number of nitrogens with zero attached hydrogens (tertiary/aromatic N) is 1. The highest BCUT2D eigenvalue weighted by Gasteiger charge is 2.25. The molecule has 0 spiro atoms. The van der Waals surface area contributed by atoms with Crippen molar-refractivity contribution >= 4 is 5.91 Å². The van der Waals surface area contributed by atoms with E-state index in [4.69, 9.17) is 10.5 Å². The maximum atomic E-state index is 11.8. The molecule has 2 atom stereocenters. The molecule has 0 radical (unpaired) electrons. The van der Waals surface area contributed by atoms with Gasteiger partial charge in [0.05, 0.1) is 6.10 Å². The number of amides is 1. The third-order valence-corrected chi connectivity index (χ3v) is 3.73. The van der Waals surface area contributed by atoms with Crippen molar-refractivity contribution in [1.82, 2.24) is 4.90 Å². The SMILES string of the molecule is CC(C)N(C)C(=O)COC1CCCCC1CN. The highest BCUT2D eigenvalue weighted by molar-refractivity contribution is 5.77. The molecule has 2 N–H and O–H groups in total. The molecule has 17 heavy (non-hydrogen) atoms. The maximum absolute atomic E-state index is 11.8. The zero-order chi connectivity index (χ0) is 12.8. The van der Waals surface area contributed by atoms with E-state index in [1.54, 1.807) is 4.90 Å². The van der Waals surface area contributed by atoms with E-state index in [0.29, 0.717) is 12.5 Å². The van der Waals surface area contributed by atoms with Crippen LogP contribution in [0.5, 0.6) is 0 Å². The quantitative estimate of drug-likeness (QED) is 0.792. The number of ether oxygens (including phenoxy) is 1. The molecule has 0 bridgehead atoms. The van der Waals surface area contributed by atoms with E-state index in [2.05, 4.69) is 0 Å². The van der Waals surface area contributed by atoms with E-state index in [0.717, 1.165) is 12.8 Å². The van der Waals surface area contributed by atoms with Gasteiger partial charge in [-0.15, -0.1) is 0 Å². The normalized spacial score (nSPS) is 25.0. The third kappa shape index (κ3) is 4.28. The van der Waals surface area contributed by atoms with E-state index in [9.17, 15) is 4.79 Å². The van der Waals surface area contributed by atoms with Gasteiger partial charge in [-0.2, -0.15) is 0 Å². The molecule has 1 saturated carbocycles. The topological polar surface area (TPSA) is 55.6 Å². The summed E-state index contributed by atoms with van der Waals surface area (Å²) in [5.74, 6) is 0.488. The van der Waals surface area contributed by atoms with E-state index in [1.807, 2.05) is 20.9 Å². The Balaban J connectivity index is 2.35. The van der Waals surface area contributed by atoms with Crippen LogP contribution in [-0.4, -0.2) is 43.2 Å². The van der Waals surface area contributed by atoms with Crippen molar-refractivity contribution in [2.24, 2.45) is 11.7 Å². The first-order valence-corrected chi connectivity index (χ1v) is 6.63. The van der Waals surface area contributed by atoms with Crippen LogP contribution in [0.2, 0.25) is 0 Å². The summed E-state index contributed by atoms with van der Waals surface area (Å²) in [6.07, 6.45) is 4.78. The molecule has 0 aromatic heterocycles. The van der Waals surface area contributed by atoms with Gasteiger partial charge in [-0.25, -0.2) is 0 Å². The lowest BCUT2D eigenvalue weighted by molar-refractivity contribution is -0.140. The van der Waals surface area contributed by atoms with Crippen LogP contribution in [0.1, 0.15) is 39.5 Å². The zero-order valence-electron chi connectivity index (χ0n) is 11.3. The van der Waals surface area contributed by atoms with Crippen molar-refractivity contribution in [3.8, 4) is 0 Å². The summed E-state index contributed by atoms with van der Waals surface area (Å²) < 4.78 is 5.75. The number of likely N-dealkylation sites (N-methyl/N-ethyl adjacent to an activating group) is 1. The zero-order valence-corrected chi connectivity index (χ0v) is 11.3. The summed E-state index contributed by atoms with van der Waals surface area (Å²) in [4.78, 5) is 13.5. The smallest absolute Gasteiger partial charge is 0.248 e. The van der Waals surface area contributed by atoms with Crippen molar-refractivity contribution in [2.75, 3.05) is 20.2 Å². The minimum atomic E-state index is 0.0568. The van der Waals surface area contributed by atoms with Crippen LogP contribution in [0.4, 0.5) is 0 Å². The highest BCUT2D eigenvalue weighted by atomic mass is 16.5. The van der Waals surface area contributed by atoms with Gasteiger partial charge in [-0.3, -0.25) is 4.79 Å². The predicted octanol–water partition coefficient (Wildman–Crippen LogP) is 1.39. The Morgan fingerprint density at radius 1 is 1.41 bits per heavy atom. The number of carbonyl (C=O) groups is 1. The van der Waals surface area contributed by atoms with Crippen molar-refractivity contribution in [3.05, 3.63) is 0 Å². The van der Waals surface area contributed by atoms with Crippen LogP contribution in [0.15, 0.2) is 0 Å². The van der Waals surface area contributed by atoms with Crippen molar-refractivity contribution in [3.63, 3.8) is 0 Å². The van der Waals surface area contributed by atoms with Gasteiger partial charge < -0.3 is 15.4 Å². The van der Waals surface area contributed by atoms with Gasteiger partial charge in [0.1, 0.15) is 6.61 Å². The largest absolute Gasteiger partial charge is 0.368 e.